The Bertz CT molecular complexity index is 504. The minimum Gasteiger partial charge on any atom is -0.372 e. The van der Waals surface area contributed by atoms with Crippen molar-refractivity contribution in [2.24, 2.45) is 0 Å². The van der Waals surface area contributed by atoms with Gasteiger partial charge in [0.2, 0.25) is 0 Å². The molecule has 2 aromatic rings. The second-order valence-electron chi connectivity index (χ2n) is 4.17. The quantitative estimate of drug-likeness (QED) is 0.626. The number of halogens is 1. The van der Waals surface area contributed by atoms with Gasteiger partial charge in [0.25, 0.3) is 0 Å². The molecule has 0 bridgehead atoms. The van der Waals surface area contributed by atoms with E-state index in [4.69, 9.17) is 4.74 Å². The summed E-state index contributed by atoms with van der Waals surface area (Å²) in [4.78, 5) is 1.30. The van der Waals surface area contributed by atoms with E-state index in [1.54, 1.807) is 11.3 Å². The van der Waals surface area contributed by atoms with Crippen LogP contribution in [0.15, 0.2) is 47.9 Å². The highest BCUT2D eigenvalue weighted by Crippen LogP contribution is 2.20. The Morgan fingerprint density at radius 1 is 1.11 bits per heavy atom. The van der Waals surface area contributed by atoms with E-state index in [9.17, 15) is 0 Å². The SMILES string of the molecule is BrCC/C=C/c1sccc1COCc1ccccc1. The molecule has 1 heterocycles. The molecule has 0 aliphatic rings. The van der Waals surface area contributed by atoms with E-state index in [1.807, 2.05) is 18.2 Å². The van der Waals surface area contributed by atoms with Gasteiger partial charge in [-0.25, -0.2) is 0 Å². The summed E-state index contributed by atoms with van der Waals surface area (Å²) in [5, 5.41) is 3.13. The molecule has 2 rings (SSSR count). The zero-order valence-corrected chi connectivity index (χ0v) is 13.1. The zero-order valence-electron chi connectivity index (χ0n) is 10.7. The van der Waals surface area contributed by atoms with Crippen LogP contribution in [-0.2, 0) is 18.0 Å². The molecule has 0 radical (unpaired) electrons. The average molecular weight is 337 g/mol. The Labute approximate surface area is 127 Å². The van der Waals surface area contributed by atoms with Crippen LogP contribution in [0.1, 0.15) is 22.4 Å². The summed E-state index contributed by atoms with van der Waals surface area (Å²) in [7, 11) is 0. The van der Waals surface area contributed by atoms with Crippen molar-refractivity contribution in [3.8, 4) is 0 Å². The van der Waals surface area contributed by atoms with Crippen LogP contribution < -0.4 is 0 Å². The summed E-state index contributed by atoms with van der Waals surface area (Å²) in [5.41, 5.74) is 2.49. The van der Waals surface area contributed by atoms with E-state index in [0.29, 0.717) is 13.2 Å². The molecule has 0 aliphatic heterocycles. The van der Waals surface area contributed by atoms with Crippen molar-refractivity contribution in [3.63, 3.8) is 0 Å². The minimum absolute atomic E-state index is 0.668. The molecular weight excluding hydrogens is 320 g/mol. The summed E-state index contributed by atoms with van der Waals surface area (Å²) in [6.07, 6.45) is 5.44. The highest BCUT2D eigenvalue weighted by Gasteiger charge is 2.01. The van der Waals surface area contributed by atoms with E-state index in [2.05, 4.69) is 51.7 Å². The Morgan fingerprint density at radius 2 is 1.95 bits per heavy atom. The van der Waals surface area contributed by atoms with Gasteiger partial charge in [-0.05, 0) is 35.1 Å². The van der Waals surface area contributed by atoms with Crippen molar-refractivity contribution in [3.05, 3.63) is 63.9 Å². The first-order valence-corrected chi connectivity index (χ1v) is 8.31. The molecule has 0 spiro atoms. The van der Waals surface area contributed by atoms with Gasteiger partial charge in [0, 0.05) is 10.2 Å². The molecule has 3 heteroatoms. The molecule has 1 aromatic heterocycles. The molecule has 1 aromatic carbocycles. The monoisotopic (exact) mass is 336 g/mol. The van der Waals surface area contributed by atoms with Crippen LogP contribution in [0.3, 0.4) is 0 Å². The zero-order chi connectivity index (χ0) is 13.3. The first kappa shape index (κ1) is 14.5. The Hall–Kier alpha value is -0.900. The summed E-state index contributed by atoms with van der Waals surface area (Å²) in [6.45, 7) is 1.34. The van der Waals surface area contributed by atoms with Crippen LogP contribution in [0.5, 0.6) is 0 Å². The second-order valence-corrected chi connectivity index (χ2v) is 5.91. The lowest BCUT2D eigenvalue weighted by Crippen LogP contribution is -1.93. The molecule has 0 saturated carbocycles. The van der Waals surface area contributed by atoms with Crippen LogP contribution in [0.2, 0.25) is 0 Å². The fraction of sp³-hybridized carbons (Fsp3) is 0.250. The number of allylic oxidation sites excluding steroid dienone is 1. The highest BCUT2D eigenvalue weighted by atomic mass is 79.9. The molecule has 100 valence electrons. The third-order valence-corrected chi connectivity index (χ3v) is 4.08. The van der Waals surface area contributed by atoms with Crippen molar-refractivity contribution >= 4 is 33.3 Å². The van der Waals surface area contributed by atoms with E-state index in [-0.39, 0.29) is 0 Å². The molecule has 0 aliphatic carbocycles. The normalized spacial score (nSPS) is 11.2. The van der Waals surface area contributed by atoms with Crippen molar-refractivity contribution in [1.82, 2.24) is 0 Å². The van der Waals surface area contributed by atoms with Crippen molar-refractivity contribution in [1.29, 1.82) is 0 Å². The van der Waals surface area contributed by atoms with Crippen molar-refractivity contribution < 1.29 is 4.74 Å². The molecule has 0 atom stereocenters. The van der Waals surface area contributed by atoms with Gasteiger partial charge in [-0.3, -0.25) is 0 Å². The number of hydrogen-bond donors (Lipinski definition) is 0. The fourth-order valence-electron chi connectivity index (χ4n) is 1.72. The largest absolute Gasteiger partial charge is 0.372 e. The average Bonchev–Trinajstić information content (AvgIpc) is 2.88. The number of alkyl halides is 1. The number of rotatable bonds is 7. The second kappa shape index (κ2) is 8.31. The van der Waals surface area contributed by atoms with E-state index in [0.717, 1.165) is 11.8 Å². The van der Waals surface area contributed by atoms with Gasteiger partial charge in [0.15, 0.2) is 0 Å². The van der Waals surface area contributed by atoms with Gasteiger partial charge >= 0.3 is 0 Å². The maximum atomic E-state index is 5.77. The molecule has 19 heavy (non-hydrogen) atoms. The van der Waals surface area contributed by atoms with Crippen LogP contribution in [0.4, 0.5) is 0 Å². The van der Waals surface area contributed by atoms with Crippen molar-refractivity contribution in [2.75, 3.05) is 5.33 Å². The standard InChI is InChI=1S/C16H17BrOS/c17-10-5-4-8-16-15(9-11-19-16)13-18-12-14-6-2-1-3-7-14/h1-4,6-9,11H,5,10,12-13H2/b8-4+. The van der Waals surface area contributed by atoms with Gasteiger partial charge in [-0.1, -0.05) is 52.3 Å². The topological polar surface area (TPSA) is 9.23 Å². The third-order valence-electron chi connectivity index (χ3n) is 2.69. The third kappa shape index (κ3) is 4.94. The highest BCUT2D eigenvalue weighted by molar-refractivity contribution is 9.09. The molecule has 0 fully saturated rings. The van der Waals surface area contributed by atoms with E-state index >= 15 is 0 Å². The summed E-state index contributed by atoms with van der Waals surface area (Å²) >= 11 is 5.19. The number of ether oxygens (including phenoxy) is 1. The van der Waals surface area contributed by atoms with Gasteiger partial charge in [0.05, 0.1) is 13.2 Å². The molecule has 0 amide bonds. The number of hydrogen-bond acceptors (Lipinski definition) is 2. The molecule has 1 nitrogen and oxygen atoms in total. The maximum Gasteiger partial charge on any atom is 0.0735 e. The molecule has 0 unspecified atom stereocenters. The van der Waals surface area contributed by atoms with Gasteiger partial charge in [0.1, 0.15) is 0 Å². The summed E-state index contributed by atoms with van der Waals surface area (Å²) in [5.74, 6) is 0. The lowest BCUT2D eigenvalue weighted by Gasteiger charge is -2.04. The van der Waals surface area contributed by atoms with Crippen LogP contribution >= 0.6 is 27.3 Å². The predicted molar refractivity (Wildman–Crippen MR) is 86.7 cm³/mol. The van der Waals surface area contributed by atoms with Crippen LogP contribution in [0, 0.1) is 0 Å². The molecule has 0 N–H and O–H groups in total. The number of benzene rings is 1. The Morgan fingerprint density at radius 3 is 2.74 bits per heavy atom. The lowest BCUT2D eigenvalue weighted by atomic mass is 10.2. The summed E-state index contributed by atoms with van der Waals surface area (Å²) < 4.78 is 5.77. The Kier molecular flexibility index (Phi) is 6.34. The lowest BCUT2D eigenvalue weighted by molar-refractivity contribution is 0.107. The smallest absolute Gasteiger partial charge is 0.0735 e. The van der Waals surface area contributed by atoms with Crippen molar-refractivity contribution in [2.45, 2.75) is 19.6 Å². The first-order chi connectivity index (χ1) is 9.40. The van der Waals surface area contributed by atoms with Gasteiger partial charge < -0.3 is 4.74 Å². The summed E-state index contributed by atoms with van der Waals surface area (Å²) in [6, 6.07) is 12.4. The van der Waals surface area contributed by atoms with E-state index < -0.39 is 0 Å². The van der Waals surface area contributed by atoms with Crippen LogP contribution in [-0.4, -0.2) is 5.33 Å². The fourth-order valence-corrected chi connectivity index (χ4v) is 2.82. The number of thiophene rings is 1. The predicted octanol–water partition coefficient (Wildman–Crippen LogP) is 5.26. The van der Waals surface area contributed by atoms with Gasteiger partial charge in [-0.15, -0.1) is 11.3 Å². The van der Waals surface area contributed by atoms with Gasteiger partial charge in [-0.2, -0.15) is 0 Å². The van der Waals surface area contributed by atoms with Crippen LogP contribution in [0.25, 0.3) is 6.08 Å². The first-order valence-electron chi connectivity index (χ1n) is 6.30. The molecular formula is C16H17BrOS. The molecule has 0 saturated heterocycles. The Balaban J connectivity index is 1.84. The van der Waals surface area contributed by atoms with E-state index in [1.165, 1.54) is 16.0 Å². The minimum atomic E-state index is 0.668. The maximum absolute atomic E-state index is 5.77.